The Morgan fingerprint density at radius 1 is 1.42 bits per heavy atom. The summed E-state index contributed by atoms with van der Waals surface area (Å²) in [5.74, 6) is 1.62. The van der Waals surface area contributed by atoms with Crippen LogP contribution >= 0.6 is 11.8 Å². The smallest absolute Gasteiger partial charge is 0.120 e. The van der Waals surface area contributed by atoms with Gasteiger partial charge in [-0.25, -0.2) is 0 Å². The number of ether oxygens (including phenoxy) is 2. The highest BCUT2D eigenvalue weighted by atomic mass is 32.2. The van der Waals surface area contributed by atoms with Gasteiger partial charge in [0, 0.05) is 11.4 Å². The molecule has 0 aliphatic carbocycles. The molecule has 1 aromatic carbocycles. The highest BCUT2D eigenvalue weighted by molar-refractivity contribution is 7.99. The lowest BCUT2D eigenvalue weighted by Gasteiger charge is -2.13. The molecule has 2 rings (SSSR count). The van der Waals surface area contributed by atoms with E-state index in [-0.39, 0.29) is 0 Å². The lowest BCUT2D eigenvalue weighted by molar-refractivity contribution is 0.166. The molecule has 1 aliphatic heterocycles. The van der Waals surface area contributed by atoms with E-state index >= 15 is 0 Å². The number of nitrogens with zero attached hydrogens (tertiary/aromatic N) is 1. The maximum atomic E-state index is 5.75. The Balaban J connectivity index is 1.84. The highest BCUT2D eigenvalue weighted by Gasteiger charge is 2.22. The van der Waals surface area contributed by atoms with Gasteiger partial charge in [0.05, 0.1) is 6.61 Å². The fourth-order valence-electron chi connectivity index (χ4n) is 1.95. The first-order chi connectivity index (χ1) is 9.13. The molecule has 1 aromatic rings. The predicted octanol–water partition coefficient (Wildman–Crippen LogP) is 3.10. The molecule has 1 saturated heterocycles. The Kier molecular flexibility index (Phi) is 5.55. The fraction of sp³-hybridized carbons (Fsp3) is 0.600. The van der Waals surface area contributed by atoms with Gasteiger partial charge < -0.3 is 14.4 Å². The number of benzene rings is 1. The zero-order chi connectivity index (χ0) is 13.7. The first-order valence-electron chi connectivity index (χ1n) is 6.79. The van der Waals surface area contributed by atoms with Crippen LogP contribution < -0.4 is 4.74 Å². The topological polar surface area (TPSA) is 21.7 Å². The van der Waals surface area contributed by atoms with E-state index < -0.39 is 0 Å². The van der Waals surface area contributed by atoms with Crippen molar-refractivity contribution in [3.8, 4) is 5.75 Å². The molecule has 1 aliphatic rings. The van der Waals surface area contributed by atoms with Crippen LogP contribution in [0.2, 0.25) is 0 Å². The van der Waals surface area contributed by atoms with Crippen molar-refractivity contribution in [3.05, 3.63) is 24.3 Å². The largest absolute Gasteiger partial charge is 0.492 e. The van der Waals surface area contributed by atoms with Crippen molar-refractivity contribution in [2.75, 3.05) is 33.9 Å². The molecule has 1 heterocycles. The molecule has 0 saturated carbocycles. The van der Waals surface area contributed by atoms with Gasteiger partial charge in [-0.2, -0.15) is 0 Å². The Bertz CT molecular complexity index is 397. The first-order valence-corrected chi connectivity index (χ1v) is 7.67. The third-order valence-electron chi connectivity index (χ3n) is 3.04. The zero-order valence-corrected chi connectivity index (χ0v) is 12.8. The van der Waals surface area contributed by atoms with Crippen LogP contribution in [0.4, 0.5) is 0 Å². The van der Waals surface area contributed by atoms with Crippen LogP contribution in [0.5, 0.6) is 5.75 Å². The van der Waals surface area contributed by atoms with Crippen molar-refractivity contribution < 1.29 is 9.47 Å². The molecule has 106 valence electrons. The molecule has 0 amide bonds. The first kappa shape index (κ1) is 14.7. The van der Waals surface area contributed by atoms with Gasteiger partial charge in [0.15, 0.2) is 0 Å². The quantitative estimate of drug-likeness (QED) is 0.798. The molecule has 0 radical (unpaired) electrons. The molecule has 3 nitrogen and oxygen atoms in total. The summed E-state index contributed by atoms with van der Waals surface area (Å²) in [4.78, 5) is 3.34. The summed E-state index contributed by atoms with van der Waals surface area (Å²) in [5, 5.41) is 0. The molecule has 4 heteroatoms. The molecule has 1 fully saturated rings. The van der Waals surface area contributed by atoms with Crippen molar-refractivity contribution in [2.45, 2.75) is 23.7 Å². The van der Waals surface area contributed by atoms with Crippen LogP contribution in [-0.4, -0.2) is 44.2 Å². The van der Waals surface area contributed by atoms with Crippen molar-refractivity contribution in [1.29, 1.82) is 0 Å². The van der Waals surface area contributed by atoms with E-state index in [9.17, 15) is 0 Å². The molecule has 0 bridgehead atoms. The monoisotopic (exact) mass is 281 g/mol. The minimum Gasteiger partial charge on any atom is -0.492 e. The molecule has 2 atom stereocenters. The summed E-state index contributed by atoms with van der Waals surface area (Å²) in [6, 6.07) is 8.28. The second-order valence-corrected chi connectivity index (χ2v) is 6.58. The van der Waals surface area contributed by atoms with Gasteiger partial charge in [-0.05, 0) is 44.6 Å². The molecule has 1 unspecified atom stereocenters. The SMILES string of the molecule is C[C@H]1COC(Sc2cccc(OCCN(C)C)c2)C1. The van der Waals surface area contributed by atoms with Gasteiger partial charge in [0.2, 0.25) is 0 Å². The lowest BCUT2D eigenvalue weighted by atomic mass is 10.2. The Hall–Kier alpha value is -0.710. The summed E-state index contributed by atoms with van der Waals surface area (Å²) in [6.45, 7) is 4.77. The van der Waals surface area contributed by atoms with Gasteiger partial charge in [-0.3, -0.25) is 0 Å². The van der Waals surface area contributed by atoms with E-state index in [1.165, 1.54) is 4.90 Å². The van der Waals surface area contributed by atoms with Gasteiger partial charge in [-0.15, -0.1) is 0 Å². The van der Waals surface area contributed by atoms with Crippen LogP contribution in [0.25, 0.3) is 0 Å². The number of hydrogen-bond acceptors (Lipinski definition) is 4. The van der Waals surface area contributed by atoms with Crippen LogP contribution in [0.1, 0.15) is 13.3 Å². The van der Waals surface area contributed by atoms with Crippen molar-refractivity contribution >= 4 is 11.8 Å². The van der Waals surface area contributed by atoms with Gasteiger partial charge in [0.25, 0.3) is 0 Å². The van der Waals surface area contributed by atoms with E-state index in [0.29, 0.717) is 11.4 Å². The minimum atomic E-state index is 0.298. The summed E-state index contributed by atoms with van der Waals surface area (Å²) in [5.41, 5.74) is 0.298. The number of rotatable bonds is 6. The summed E-state index contributed by atoms with van der Waals surface area (Å²) >= 11 is 1.80. The summed E-state index contributed by atoms with van der Waals surface area (Å²) in [7, 11) is 4.10. The van der Waals surface area contributed by atoms with Crippen LogP contribution in [-0.2, 0) is 4.74 Å². The van der Waals surface area contributed by atoms with Crippen LogP contribution in [0, 0.1) is 5.92 Å². The standard InChI is InChI=1S/C15H23NO2S/c1-12-9-15(18-11-12)19-14-6-4-5-13(10-14)17-8-7-16(2)3/h4-6,10,12,15H,7-9,11H2,1-3H3/t12-,15?/m1/s1. The number of thioether (sulfide) groups is 1. The normalized spacial score (nSPS) is 22.9. The van der Waals surface area contributed by atoms with Gasteiger partial charge >= 0.3 is 0 Å². The predicted molar refractivity (Wildman–Crippen MR) is 79.9 cm³/mol. The molecule has 19 heavy (non-hydrogen) atoms. The highest BCUT2D eigenvalue weighted by Crippen LogP contribution is 2.34. The van der Waals surface area contributed by atoms with Crippen molar-refractivity contribution in [2.24, 2.45) is 5.92 Å². The molecule has 0 N–H and O–H groups in total. The van der Waals surface area contributed by atoms with E-state index in [1.807, 2.05) is 26.2 Å². The Morgan fingerprint density at radius 2 is 2.26 bits per heavy atom. The Labute approximate surface area is 120 Å². The minimum absolute atomic E-state index is 0.298. The average Bonchev–Trinajstić information content (AvgIpc) is 2.75. The third-order valence-corrected chi connectivity index (χ3v) is 4.16. The average molecular weight is 281 g/mol. The summed E-state index contributed by atoms with van der Waals surface area (Å²) < 4.78 is 11.5. The van der Waals surface area contributed by atoms with Crippen molar-refractivity contribution in [1.82, 2.24) is 4.90 Å². The third kappa shape index (κ3) is 5.05. The van der Waals surface area contributed by atoms with Gasteiger partial charge in [0.1, 0.15) is 17.8 Å². The molecular weight excluding hydrogens is 258 g/mol. The number of likely N-dealkylation sites (N-methyl/N-ethyl adjacent to an activating group) is 1. The fourth-order valence-corrected chi connectivity index (χ4v) is 3.17. The van der Waals surface area contributed by atoms with Crippen LogP contribution in [0.15, 0.2) is 29.2 Å². The van der Waals surface area contributed by atoms with E-state index in [1.54, 1.807) is 11.8 Å². The molecule has 0 spiro atoms. The van der Waals surface area contributed by atoms with Gasteiger partial charge in [-0.1, -0.05) is 24.8 Å². The lowest BCUT2D eigenvalue weighted by Crippen LogP contribution is -2.19. The second kappa shape index (κ2) is 7.17. The van der Waals surface area contributed by atoms with Crippen LogP contribution in [0.3, 0.4) is 0 Å². The summed E-state index contributed by atoms with van der Waals surface area (Å²) in [6.07, 6.45) is 1.14. The second-order valence-electron chi connectivity index (χ2n) is 5.35. The van der Waals surface area contributed by atoms with E-state index in [4.69, 9.17) is 9.47 Å². The van der Waals surface area contributed by atoms with E-state index in [2.05, 4.69) is 24.0 Å². The molecule has 0 aromatic heterocycles. The molecular formula is C15H23NO2S. The maximum absolute atomic E-state index is 5.75. The van der Waals surface area contributed by atoms with E-state index in [0.717, 1.165) is 31.9 Å². The van der Waals surface area contributed by atoms with Crippen molar-refractivity contribution in [3.63, 3.8) is 0 Å². The Morgan fingerprint density at radius 3 is 2.95 bits per heavy atom. The maximum Gasteiger partial charge on any atom is 0.120 e. The number of hydrogen-bond donors (Lipinski definition) is 0. The zero-order valence-electron chi connectivity index (χ0n) is 12.0.